The molecule has 0 unspecified atom stereocenters. The number of hydrogen-bond donors (Lipinski definition) is 1. The molecule has 0 saturated carbocycles. The quantitative estimate of drug-likeness (QED) is 0.650. The molecule has 0 bridgehead atoms. The van der Waals surface area contributed by atoms with Crippen molar-refractivity contribution in [2.24, 2.45) is 0 Å². The molecule has 0 aliphatic carbocycles. The van der Waals surface area contributed by atoms with E-state index in [0.717, 1.165) is 5.56 Å². The average Bonchev–Trinajstić information content (AvgIpc) is 2.92. The lowest BCUT2D eigenvalue weighted by Gasteiger charge is -2.05. The summed E-state index contributed by atoms with van der Waals surface area (Å²) in [4.78, 5) is 12.4. The maximum absolute atomic E-state index is 12.4. The van der Waals surface area contributed by atoms with E-state index in [1.165, 1.54) is 0 Å². The van der Waals surface area contributed by atoms with Crippen LogP contribution in [-0.4, -0.2) is 5.91 Å². The van der Waals surface area contributed by atoms with Gasteiger partial charge in [0.1, 0.15) is 11.5 Å². The van der Waals surface area contributed by atoms with Crippen LogP contribution in [0.5, 0.6) is 0 Å². The molecule has 23 heavy (non-hydrogen) atoms. The van der Waals surface area contributed by atoms with Gasteiger partial charge in [-0.2, -0.15) is 0 Å². The van der Waals surface area contributed by atoms with Crippen molar-refractivity contribution in [2.75, 3.05) is 5.32 Å². The summed E-state index contributed by atoms with van der Waals surface area (Å²) >= 11 is 11.9. The summed E-state index contributed by atoms with van der Waals surface area (Å²) < 4.78 is 5.69. The van der Waals surface area contributed by atoms with Crippen molar-refractivity contribution in [3.63, 3.8) is 0 Å². The highest BCUT2D eigenvalue weighted by Gasteiger charge is 2.17. The minimum atomic E-state index is -0.264. The van der Waals surface area contributed by atoms with E-state index in [4.69, 9.17) is 27.6 Å². The molecule has 1 heterocycles. The first kappa shape index (κ1) is 15.7. The maximum atomic E-state index is 12.4. The minimum absolute atomic E-state index is 0.264. The third-order valence-electron chi connectivity index (χ3n) is 3.41. The van der Waals surface area contributed by atoms with Gasteiger partial charge in [0.15, 0.2) is 0 Å². The molecular formula is C18H13Cl2NO2. The van der Waals surface area contributed by atoms with Crippen molar-refractivity contribution in [1.82, 2.24) is 0 Å². The second-order valence-corrected chi connectivity index (χ2v) is 5.87. The Balaban J connectivity index is 1.87. The number of rotatable bonds is 3. The molecule has 3 rings (SSSR count). The molecule has 0 aliphatic heterocycles. The molecule has 3 aromatic rings. The van der Waals surface area contributed by atoms with Crippen molar-refractivity contribution < 1.29 is 9.21 Å². The number of carbonyl (C=O) groups is 1. The van der Waals surface area contributed by atoms with E-state index in [1.807, 2.05) is 18.2 Å². The third kappa shape index (κ3) is 3.41. The summed E-state index contributed by atoms with van der Waals surface area (Å²) in [5.74, 6) is 0.891. The highest BCUT2D eigenvalue weighted by atomic mass is 35.5. The highest BCUT2D eigenvalue weighted by molar-refractivity contribution is 6.34. The fourth-order valence-corrected chi connectivity index (χ4v) is 2.53. The number of anilines is 1. The van der Waals surface area contributed by atoms with Crippen molar-refractivity contribution in [1.29, 1.82) is 0 Å². The second kappa shape index (κ2) is 6.49. The smallest absolute Gasteiger partial charge is 0.259 e. The summed E-state index contributed by atoms with van der Waals surface area (Å²) in [6.07, 6.45) is 0. The van der Waals surface area contributed by atoms with Crippen LogP contribution >= 0.6 is 23.2 Å². The molecule has 0 spiro atoms. The van der Waals surface area contributed by atoms with Gasteiger partial charge in [-0.3, -0.25) is 4.79 Å². The van der Waals surface area contributed by atoms with Crippen LogP contribution in [0.3, 0.4) is 0 Å². The largest absolute Gasteiger partial charge is 0.461 e. The monoisotopic (exact) mass is 345 g/mol. The number of benzene rings is 2. The minimum Gasteiger partial charge on any atom is -0.461 e. The first-order chi connectivity index (χ1) is 11.0. The molecule has 3 nitrogen and oxygen atoms in total. The Morgan fingerprint density at radius 2 is 1.74 bits per heavy atom. The Kier molecular flexibility index (Phi) is 4.42. The average molecular weight is 346 g/mol. The highest BCUT2D eigenvalue weighted by Crippen LogP contribution is 2.28. The lowest BCUT2D eigenvalue weighted by Crippen LogP contribution is -2.12. The Morgan fingerprint density at radius 3 is 2.43 bits per heavy atom. The van der Waals surface area contributed by atoms with Gasteiger partial charge < -0.3 is 9.73 Å². The topological polar surface area (TPSA) is 42.2 Å². The zero-order valence-electron chi connectivity index (χ0n) is 12.3. The van der Waals surface area contributed by atoms with Crippen LogP contribution in [0.4, 0.5) is 5.69 Å². The normalized spacial score (nSPS) is 10.6. The van der Waals surface area contributed by atoms with E-state index in [-0.39, 0.29) is 5.91 Å². The number of furan rings is 1. The van der Waals surface area contributed by atoms with Gasteiger partial charge in [0.2, 0.25) is 0 Å². The number of hydrogen-bond acceptors (Lipinski definition) is 2. The lowest BCUT2D eigenvalue weighted by molar-refractivity contribution is 0.102. The van der Waals surface area contributed by atoms with Crippen LogP contribution in [0.25, 0.3) is 11.3 Å². The van der Waals surface area contributed by atoms with Crippen LogP contribution in [0.2, 0.25) is 10.0 Å². The van der Waals surface area contributed by atoms with Crippen molar-refractivity contribution in [3.8, 4) is 11.3 Å². The van der Waals surface area contributed by atoms with Crippen molar-refractivity contribution >= 4 is 34.8 Å². The van der Waals surface area contributed by atoms with Crippen molar-refractivity contribution in [2.45, 2.75) is 6.92 Å². The summed E-state index contributed by atoms with van der Waals surface area (Å²) in [5, 5.41) is 3.92. The molecule has 1 N–H and O–H groups in total. The van der Waals surface area contributed by atoms with E-state index in [1.54, 1.807) is 43.3 Å². The number of halogens is 2. The molecular weight excluding hydrogens is 333 g/mol. The predicted octanol–water partition coefficient (Wildman–Crippen LogP) is 5.81. The molecule has 0 aliphatic rings. The number of nitrogens with one attached hydrogen (secondary N) is 1. The van der Waals surface area contributed by atoms with Gasteiger partial charge in [-0.15, -0.1) is 0 Å². The van der Waals surface area contributed by atoms with E-state index >= 15 is 0 Å². The van der Waals surface area contributed by atoms with E-state index in [2.05, 4.69) is 5.32 Å². The van der Waals surface area contributed by atoms with Gasteiger partial charge in [0.05, 0.1) is 16.3 Å². The summed E-state index contributed by atoms with van der Waals surface area (Å²) in [7, 11) is 0. The molecule has 1 aromatic heterocycles. The van der Waals surface area contributed by atoms with Gasteiger partial charge in [-0.25, -0.2) is 0 Å². The Hall–Kier alpha value is -2.23. The molecule has 0 fully saturated rings. The van der Waals surface area contributed by atoms with Gasteiger partial charge in [-0.1, -0.05) is 35.3 Å². The Labute approximate surface area is 143 Å². The van der Waals surface area contributed by atoms with Crippen LogP contribution in [-0.2, 0) is 0 Å². The number of amides is 1. The molecule has 0 atom stereocenters. The molecule has 2 aromatic carbocycles. The molecule has 5 heteroatoms. The standard InChI is InChI=1S/C18H13Cl2NO2/c1-11-14(18(22)21-16-5-3-2-4-15(16)20)10-17(23-11)12-6-8-13(19)9-7-12/h2-10H,1H3,(H,21,22). The maximum Gasteiger partial charge on any atom is 0.259 e. The van der Waals surface area contributed by atoms with Crippen LogP contribution < -0.4 is 5.32 Å². The fraction of sp³-hybridized carbons (Fsp3) is 0.0556. The molecule has 0 radical (unpaired) electrons. The molecule has 1 amide bonds. The van der Waals surface area contributed by atoms with Gasteiger partial charge in [0.25, 0.3) is 5.91 Å². The first-order valence-electron chi connectivity index (χ1n) is 6.97. The number of para-hydroxylation sites is 1. The van der Waals surface area contributed by atoms with Gasteiger partial charge >= 0.3 is 0 Å². The van der Waals surface area contributed by atoms with E-state index in [0.29, 0.717) is 32.8 Å². The van der Waals surface area contributed by atoms with Crippen LogP contribution in [0.1, 0.15) is 16.1 Å². The Morgan fingerprint density at radius 1 is 1.04 bits per heavy atom. The van der Waals surface area contributed by atoms with Crippen LogP contribution in [0.15, 0.2) is 59.0 Å². The van der Waals surface area contributed by atoms with Gasteiger partial charge in [-0.05, 0) is 49.4 Å². The lowest BCUT2D eigenvalue weighted by atomic mass is 10.1. The zero-order chi connectivity index (χ0) is 16.4. The Bertz CT molecular complexity index is 854. The summed E-state index contributed by atoms with van der Waals surface area (Å²) in [5.41, 5.74) is 1.89. The first-order valence-corrected chi connectivity index (χ1v) is 7.72. The number of carbonyl (C=O) groups excluding carboxylic acids is 1. The van der Waals surface area contributed by atoms with Gasteiger partial charge in [0, 0.05) is 10.6 Å². The van der Waals surface area contributed by atoms with E-state index < -0.39 is 0 Å². The van der Waals surface area contributed by atoms with Crippen molar-refractivity contribution in [3.05, 3.63) is 76.0 Å². The summed E-state index contributed by atoms with van der Waals surface area (Å²) in [6.45, 7) is 1.75. The molecule has 0 saturated heterocycles. The SMILES string of the molecule is Cc1oc(-c2ccc(Cl)cc2)cc1C(=O)Nc1ccccc1Cl. The number of aryl methyl sites for hydroxylation is 1. The van der Waals surface area contributed by atoms with E-state index in [9.17, 15) is 4.79 Å². The molecule has 116 valence electrons. The predicted molar refractivity (Wildman–Crippen MR) is 93.3 cm³/mol. The fourth-order valence-electron chi connectivity index (χ4n) is 2.22. The third-order valence-corrected chi connectivity index (χ3v) is 3.99. The zero-order valence-corrected chi connectivity index (χ0v) is 13.8. The van der Waals surface area contributed by atoms with Crippen LogP contribution in [0, 0.1) is 6.92 Å². The second-order valence-electron chi connectivity index (χ2n) is 5.02. The summed E-state index contributed by atoms with van der Waals surface area (Å²) in [6, 6.07) is 16.0.